The Morgan fingerprint density at radius 1 is 1.29 bits per heavy atom. The molecule has 0 aromatic heterocycles. The van der Waals surface area contributed by atoms with E-state index in [1.807, 2.05) is 12.1 Å². The van der Waals surface area contributed by atoms with Crippen molar-refractivity contribution in [3.63, 3.8) is 0 Å². The lowest BCUT2D eigenvalue weighted by atomic mass is 9.97. The van der Waals surface area contributed by atoms with Crippen molar-refractivity contribution in [2.75, 3.05) is 6.54 Å². The van der Waals surface area contributed by atoms with Gasteiger partial charge in [0, 0.05) is 11.1 Å². The van der Waals surface area contributed by atoms with Crippen LogP contribution in [0.4, 0.5) is 0 Å². The Morgan fingerprint density at radius 3 is 2.65 bits per heavy atom. The average molecular weight is 254 g/mol. The van der Waals surface area contributed by atoms with Crippen LogP contribution in [0, 0.1) is 5.92 Å². The van der Waals surface area contributed by atoms with E-state index in [4.69, 9.17) is 11.6 Å². The third-order valence-electron chi connectivity index (χ3n) is 2.92. The van der Waals surface area contributed by atoms with Gasteiger partial charge >= 0.3 is 0 Å². The molecule has 0 spiro atoms. The molecule has 0 aliphatic rings. The fourth-order valence-corrected chi connectivity index (χ4v) is 2.41. The Hall–Kier alpha value is -0.530. The summed E-state index contributed by atoms with van der Waals surface area (Å²) in [4.78, 5) is 0. The minimum atomic E-state index is 0.624. The highest BCUT2D eigenvalue weighted by Gasteiger charge is 2.09. The molecular formula is C15H24ClN. The number of aryl methyl sites for hydroxylation is 1. The minimum Gasteiger partial charge on any atom is -0.314 e. The van der Waals surface area contributed by atoms with Gasteiger partial charge in [-0.2, -0.15) is 0 Å². The Balaban J connectivity index is 2.45. The molecule has 0 bridgehead atoms. The van der Waals surface area contributed by atoms with E-state index in [2.05, 4.69) is 38.2 Å². The summed E-state index contributed by atoms with van der Waals surface area (Å²) in [5.41, 5.74) is 1.34. The molecule has 1 unspecified atom stereocenters. The van der Waals surface area contributed by atoms with Crippen molar-refractivity contribution in [1.82, 2.24) is 5.32 Å². The molecular weight excluding hydrogens is 230 g/mol. The average Bonchev–Trinajstić information content (AvgIpc) is 2.26. The second-order valence-electron chi connectivity index (χ2n) is 5.05. The topological polar surface area (TPSA) is 12.0 Å². The first-order chi connectivity index (χ1) is 8.11. The molecule has 0 saturated carbocycles. The molecule has 1 aromatic carbocycles. The zero-order chi connectivity index (χ0) is 12.7. The molecule has 17 heavy (non-hydrogen) atoms. The van der Waals surface area contributed by atoms with Crippen molar-refractivity contribution >= 4 is 11.6 Å². The van der Waals surface area contributed by atoms with Crippen molar-refractivity contribution in [3.8, 4) is 0 Å². The second kappa shape index (κ2) is 7.73. The predicted molar refractivity (Wildman–Crippen MR) is 76.7 cm³/mol. The van der Waals surface area contributed by atoms with E-state index in [1.165, 1.54) is 18.4 Å². The first-order valence-corrected chi connectivity index (χ1v) is 6.97. The van der Waals surface area contributed by atoms with Gasteiger partial charge in [0.2, 0.25) is 0 Å². The fraction of sp³-hybridized carbons (Fsp3) is 0.600. The lowest BCUT2D eigenvalue weighted by molar-refractivity contribution is 0.405. The van der Waals surface area contributed by atoms with Crippen LogP contribution in [0.5, 0.6) is 0 Å². The maximum Gasteiger partial charge on any atom is 0.0408 e. The Morgan fingerprint density at radius 2 is 2.06 bits per heavy atom. The molecule has 0 aliphatic carbocycles. The van der Waals surface area contributed by atoms with Crippen molar-refractivity contribution in [3.05, 3.63) is 34.9 Å². The molecule has 0 amide bonds. The van der Waals surface area contributed by atoms with Gasteiger partial charge in [0.1, 0.15) is 0 Å². The number of hydrogen-bond donors (Lipinski definition) is 1. The van der Waals surface area contributed by atoms with Gasteiger partial charge in [0.25, 0.3) is 0 Å². The van der Waals surface area contributed by atoms with E-state index in [0.717, 1.165) is 23.9 Å². The summed E-state index contributed by atoms with van der Waals surface area (Å²) in [6, 6.07) is 8.81. The maximum absolute atomic E-state index is 5.99. The predicted octanol–water partition coefficient (Wildman–Crippen LogP) is 4.30. The van der Waals surface area contributed by atoms with Gasteiger partial charge in [-0.25, -0.2) is 0 Å². The van der Waals surface area contributed by atoms with Crippen LogP contribution in [0.25, 0.3) is 0 Å². The third kappa shape index (κ3) is 6.09. The summed E-state index contributed by atoms with van der Waals surface area (Å²) in [5.74, 6) is 0.749. The van der Waals surface area contributed by atoms with Crippen molar-refractivity contribution in [1.29, 1.82) is 0 Å². The maximum atomic E-state index is 5.99. The summed E-state index contributed by atoms with van der Waals surface area (Å²) in [5, 5.41) is 4.41. The van der Waals surface area contributed by atoms with Crippen LogP contribution < -0.4 is 5.32 Å². The van der Waals surface area contributed by atoms with Crippen LogP contribution in [0.3, 0.4) is 0 Å². The van der Waals surface area contributed by atoms with Crippen LogP contribution >= 0.6 is 11.6 Å². The monoisotopic (exact) mass is 253 g/mol. The first kappa shape index (κ1) is 14.5. The molecule has 0 heterocycles. The van der Waals surface area contributed by atoms with Gasteiger partial charge in [-0.05, 0) is 49.4 Å². The van der Waals surface area contributed by atoms with E-state index < -0.39 is 0 Å². The number of rotatable bonds is 7. The lowest BCUT2D eigenvalue weighted by Gasteiger charge is -2.19. The Labute approximate surface area is 111 Å². The minimum absolute atomic E-state index is 0.624. The fourth-order valence-electron chi connectivity index (χ4n) is 2.19. The molecule has 0 aliphatic heterocycles. The molecule has 1 aromatic rings. The third-order valence-corrected chi connectivity index (χ3v) is 3.15. The highest BCUT2D eigenvalue weighted by molar-refractivity contribution is 6.30. The molecule has 1 N–H and O–H groups in total. The lowest BCUT2D eigenvalue weighted by Crippen LogP contribution is -2.30. The van der Waals surface area contributed by atoms with Gasteiger partial charge in [0.15, 0.2) is 0 Å². The molecule has 0 fully saturated rings. The molecule has 0 saturated heterocycles. The summed E-state index contributed by atoms with van der Waals surface area (Å²) < 4.78 is 0. The van der Waals surface area contributed by atoms with Crippen molar-refractivity contribution < 1.29 is 0 Å². The molecule has 96 valence electrons. The van der Waals surface area contributed by atoms with Gasteiger partial charge in [-0.1, -0.05) is 44.5 Å². The second-order valence-corrected chi connectivity index (χ2v) is 5.49. The van der Waals surface area contributed by atoms with Gasteiger partial charge in [-0.15, -0.1) is 0 Å². The van der Waals surface area contributed by atoms with Crippen LogP contribution in [-0.4, -0.2) is 12.6 Å². The van der Waals surface area contributed by atoms with E-state index >= 15 is 0 Å². The Bertz CT molecular complexity index is 322. The number of halogens is 1. The van der Waals surface area contributed by atoms with Gasteiger partial charge in [0.05, 0.1) is 0 Å². The van der Waals surface area contributed by atoms with Crippen LogP contribution in [0.15, 0.2) is 24.3 Å². The van der Waals surface area contributed by atoms with Crippen LogP contribution in [0.1, 0.15) is 39.2 Å². The summed E-state index contributed by atoms with van der Waals surface area (Å²) in [6.07, 6.45) is 3.53. The number of hydrogen-bond acceptors (Lipinski definition) is 1. The van der Waals surface area contributed by atoms with Gasteiger partial charge in [-0.3, -0.25) is 0 Å². The largest absolute Gasteiger partial charge is 0.314 e. The van der Waals surface area contributed by atoms with E-state index in [9.17, 15) is 0 Å². The SMILES string of the molecule is CCNC(CCc1cccc(Cl)c1)CC(C)C. The van der Waals surface area contributed by atoms with Crippen LogP contribution in [-0.2, 0) is 6.42 Å². The smallest absolute Gasteiger partial charge is 0.0408 e. The molecule has 1 atom stereocenters. The molecule has 0 radical (unpaired) electrons. The highest BCUT2D eigenvalue weighted by atomic mass is 35.5. The van der Waals surface area contributed by atoms with E-state index in [-0.39, 0.29) is 0 Å². The number of benzene rings is 1. The first-order valence-electron chi connectivity index (χ1n) is 6.59. The van der Waals surface area contributed by atoms with E-state index in [1.54, 1.807) is 0 Å². The van der Waals surface area contributed by atoms with E-state index in [0.29, 0.717) is 6.04 Å². The quantitative estimate of drug-likeness (QED) is 0.764. The zero-order valence-electron chi connectivity index (χ0n) is 11.2. The summed E-state index contributed by atoms with van der Waals surface area (Å²) in [7, 11) is 0. The van der Waals surface area contributed by atoms with Crippen molar-refractivity contribution in [2.45, 2.75) is 46.1 Å². The van der Waals surface area contributed by atoms with Gasteiger partial charge < -0.3 is 5.32 Å². The normalized spacial score (nSPS) is 13.0. The molecule has 1 nitrogen and oxygen atoms in total. The Kier molecular flexibility index (Phi) is 6.61. The molecule has 2 heteroatoms. The van der Waals surface area contributed by atoms with Crippen molar-refractivity contribution in [2.24, 2.45) is 5.92 Å². The highest BCUT2D eigenvalue weighted by Crippen LogP contribution is 2.15. The van der Waals surface area contributed by atoms with Crippen LogP contribution in [0.2, 0.25) is 5.02 Å². The number of nitrogens with one attached hydrogen (secondary N) is 1. The zero-order valence-corrected chi connectivity index (χ0v) is 11.9. The molecule has 1 rings (SSSR count). The standard InChI is InChI=1S/C15H24ClN/c1-4-17-15(10-12(2)3)9-8-13-6-5-7-14(16)11-13/h5-7,11-12,15,17H,4,8-10H2,1-3H3. The summed E-state index contributed by atoms with van der Waals surface area (Å²) >= 11 is 5.99. The summed E-state index contributed by atoms with van der Waals surface area (Å²) in [6.45, 7) is 7.78.